The van der Waals surface area contributed by atoms with Gasteiger partial charge in [0.1, 0.15) is 0 Å². The van der Waals surface area contributed by atoms with Crippen LogP contribution in [0.4, 0.5) is 18.9 Å². The monoisotopic (exact) mass is 394 g/mol. The molecule has 0 spiro atoms. The van der Waals surface area contributed by atoms with Gasteiger partial charge in [0.05, 0.1) is 11.1 Å². The molecule has 1 N–H and O–H groups in total. The fourth-order valence-corrected chi connectivity index (χ4v) is 3.47. The molecule has 29 heavy (non-hydrogen) atoms. The molecule has 1 heterocycles. The number of aryl methyl sites for hydroxylation is 1. The molecule has 6 heteroatoms. The summed E-state index contributed by atoms with van der Waals surface area (Å²) in [5.74, 6) is -0.849. The molecule has 0 aliphatic heterocycles. The van der Waals surface area contributed by atoms with Crippen molar-refractivity contribution in [2.24, 2.45) is 0 Å². The number of alkyl halides is 3. The summed E-state index contributed by atoms with van der Waals surface area (Å²) in [7, 11) is 0. The summed E-state index contributed by atoms with van der Waals surface area (Å²) in [6.45, 7) is 0. The van der Waals surface area contributed by atoms with Crippen LogP contribution in [-0.4, -0.2) is 10.9 Å². The number of hydrogen-bond acceptors (Lipinski definition) is 2. The SMILES string of the molecule is O=C(Nc1ccc(-c2cccc3c2C=CCC3)cc1)c1cnccc1C(F)(F)F. The summed E-state index contributed by atoms with van der Waals surface area (Å²) in [5.41, 5.74) is 3.43. The fourth-order valence-electron chi connectivity index (χ4n) is 3.47. The van der Waals surface area contributed by atoms with Crippen molar-refractivity contribution in [3.8, 4) is 11.1 Å². The molecule has 4 rings (SSSR count). The van der Waals surface area contributed by atoms with Gasteiger partial charge >= 0.3 is 6.18 Å². The topological polar surface area (TPSA) is 42.0 Å². The summed E-state index contributed by atoms with van der Waals surface area (Å²) in [6.07, 6.45) is 3.60. The summed E-state index contributed by atoms with van der Waals surface area (Å²) >= 11 is 0. The molecule has 0 saturated carbocycles. The van der Waals surface area contributed by atoms with E-state index in [1.165, 1.54) is 11.1 Å². The van der Waals surface area contributed by atoms with Crippen molar-refractivity contribution in [2.45, 2.75) is 19.0 Å². The minimum atomic E-state index is -4.63. The standard InChI is InChI=1S/C23H17F3N2O/c24-23(25,26)21-12-13-27-14-20(21)22(29)28-17-10-8-16(9-11-17)19-7-3-5-15-4-1-2-6-18(15)19/h2-3,5-14H,1,4H2,(H,28,29). The number of aromatic nitrogens is 1. The zero-order chi connectivity index (χ0) is 20.4. The number of rotatable bonds is 3. The second kappa shape index (κ2) is 7.54. The number of nitrogens with one attached hydrogen (secondary N) is 1. The van der Waals surface area contributed by atoms with E-state index in [1.807, 2.05) is 24.3 Å². The molecular weight excluding hydrogens is 377 g/mol. The van der Waals surface area contributed by atoms with E-state index in [2.05, 4.69) is 28.5 Å². The van der Waals surface area contributed by atoms with Crippen LogP contribution >= 0.6 is 0 Å². The highest BCUT2D eigenvalue weighted by molar-refractivity contribution is 6.05. The number of carbonyl (C=O) groups is 1. The average Bonchev–Trinajstić information content (AvgIpc) is 2.73. The number of nitrogens with zero attached hydrogens (tertiary/aromatic N) is 1. The third-order valence-electron chi connectivity index (χ3n) is 4.89. The quantitative estimate of drug-likeness (QED) is 0.594. The number of amides is 1. The molecule has 0 saturated heterocycles. The molecule has 1 amide bonds. The number of pyridine rings is 1. The highest BCUT2D eigenvalue weighted by Gasteiger charge is 2.35. The lowest BCUT2D eigenvalue weighted by atomic mass is 9.90. The van der Waals surface area contributed by atoms with Gasteiger partial charge in [0.2, 0.25) is 0 Å². The molecule has 146 valence electrons. The van der Waals surface area contributed by atoms with Crippen LogP contribution in [-0.2, 0) is 12.6 Å². The van der Waals surface area contributed by atoms with Gasteiger partial charge in [-0.2, -0.15) is 13.2 Å². The largest absolute Gasteiger partial charge is 0.417 e. The summed E-state index contributed by atoms with van der Waals surface area (Å²) < 4.78 is 39.3. The van der Waals surface area contributed by atoms with Crippen LogP contribution in [0.1, 0.15) is 33.5 Å². The molecule has 2 aromatic carbocycles. The maximum atomic E-state index is 13.1. The lowest BCUT2D eigenvalue weighted by Gasteiger charge is -2.16. The van der Waals surface area contributed by atoms with Gasteiger partial charge in [-0.3, -0.25) is 9.78 Å². The van der Waals surface area contributed by atoms with Crippen LogP contribution in [0, 0.1) is 0 Å². The summed E-state index contributed by atoms with van der Waals surface area (Å²) in [6, 6.07) is 14.0. The van der Waals surface area contributed by atoms with Crippen molar-refractivity contribution in [2.75, 3.05) is 5.32 Å². The molecule has 1 aliphatic rings. The van der Waals surface area contributed by atoms with Crippen LogP contribution < -0.4 is 5.32 Å². The lowest BCUT2D eigenvalue weighted by molar-refractivity contribution is -0.138. The predicted molar refractivity (Wildman–Crippen MR) is 106 cm³/mol. The van der Waals surface area contributed by atoms with Crippen LogP contribution in [0.5, 0.6) is 0 Å². The number of fused-ring (bicyclic) bond motifs is 1. The Morgan fingerprint density at radius 1 is 1.03 bits per heavy atom. The minimum absolute atomic E-state index is 0.413. The van der Waals surface area contributed by atoms with Crippen molar-refractivity contribution < 1.29 is 18.0 Å². The van der Waals surface area contributed by atoms with Crippen LogP contribution in [0.2, 0.25) is 0 Å². The Kier molecular flexibility index (Phi) is 4.92. The molecule has 0 radical (unpaired) electrons. The maximum absolute atomic E-state index is 13.1. The highest BCUT2D eigenvalue weighted by atomic mass is 19.4. The van der Waals surface area contributed by atoms with E-state index in [4.69, 9.17) is 0 Å². The zero-order valence-electron chi connectivity index (χ0n) is 15.3. The molecular formula is C23H17F3N2O. The van der Waals surface area contributed by atoms with E-state index in [0.29, 0.717) is 5.69 Å². The van der Waals surface area contributed by atoms with Gasteiger partial charge < -0.3 is 5.32 Å². The Morgan fingerprint density at radius 2 is 1.83 bits per heavy atom. The number of allylic oxidation sites excluding steroid dienone is 1. The van der Waals surface area contributed by atoms with Gasteiger partial charge in [0.25, 0.3) is 5.91 Å². The number of benzene rings is 2. The van der Waals surface area contributed by atoms with E-state index in [-0.39, 0.29) is 0 Å². The third-order valence-corrected chi connectivity index (χ3v) is 4.89. The van der Waals surface area contributed by atoms with Crippen LogP contribution in [0.3, 0.4) is 0 Å². The first-order chi connectivity index (χ1) is 13.9. The Hall–Kier alpha value is -3.41. The minimum Gasteiger partial charge on any atom is -0.322 e. The predicted octanol–water partition coefficient (Wildman–Crippen LogP) is 5.98. The van der Waals surface area contributed by atoms with Crippen molar-refractivity contribution >= 4 is 17.7 Å². The number of anilines is 1. The Labute approximate surface area is 165 Å². The van der Waals surface area contributed by atoms with Gasteiger partial charge in [-0.1, -0.05) is 42.5 Å². The number of halogens is 3. The maximum Gasteiger partial charge on any atom is 0.417 e. The molecule has 0 bridgehead atoms. The lowest BCUT2D eigenvalue weighted by Crippen LogP contribution is -2.19. The fraction of sp³-hybridized carbons (Fsp3) is 0.130. The van der Waals surface area contributed by atoms with E-state index in [0.717, 1.165) is 42.4 Å². The first kappa shape index (κ1) is 18.9. The van der Waals surface area contributed by atoms with Crippen LogP contribution in [0.15, 0.2) is 67.0 Å². The van der Waals surface area contributed by atoms with Crippen molar-refractivity contribution in [1.29, 1.82) is 0 Å². The summed E-state index contributed by atoms with van der Waals surface area (Å²) in [4.78, 5) is 16.0. The van der Waals surface area contributed by atoms with Crippen molar-refractivity contribution in [1.82, 2.24) is 4.98 Å². The van der Waals surface area contributed by atoms with E-state index < -0.39 is 23.2 Å². The molecule has 3 aromatic rings. The van der Waals surface area contributed by atoms with Gasteiger partial charge in [-0.05, 0) is 53.3 Å². The Balaban J connectivity index is 1.58. The molecule has 1 aromatic heterocycles. The van der Waals surface area contributed by atoms with E-state index in [1.54, 1.807) is 12.1 Å². The average molecular weight is 394 g/mol. The van der Waals surface area contributed by atoms with E-state index in [9.17, 15) is 18.0 Å². The molecule has 0 unspecified atom stereocenters. The Bertz CT molecular complexity index is 1090. The highest BCUT2D eigenvalue weighted by Crippen LogP contribution is 2.33. The van der Waals surface area contributed by atoms with Gasteiger partial charge in [-0.25, -0.2) is 0 Å². The normalized spacial score (nSPS) is 13.1. The number of hydrogen-bond donors (Lipinski definition) is 1. The van der Waals surface area contributed by atoms with Gasteiger partial charge in [0.15, 0.2) is 0 Å². The third kappa shape index (κ3) is 3.92. The van der Waals surface area contributed by atoms with Gasteiger partial charge in [-0.15, -0.1) is 0 Å². The van der Waals surface area contributed by atoms with E-state index >= 15 is 0 Å². The first-order valence-electron chi connectivity index (χ1n) is 9.15. The molecule has 0 fully saturated rings. The second-order valence-electron chi connectivity index (χ2n) is 6.77. The summed E-state index contributed by atoms with van der Waals surface area (Å²) in [5, 5.41) is 2.52. The molecule has 0 atom stereocenters. The van der Waals surface area contributed by atoms with Crippen molar-refractivity contribution in [3.05, 3.63) is 89.3 Å². The second-order valence-corrected chi connectivity index (χ2v) is 6.77. The first-order valence-corrected chi connectivity index (χ1v) is 9.15. The number of carbonyl (C=O) groups excluding carboxylic acids is 1. The van der Waals surface area contributed by atoms with Gasteiger partial charge in [0, 0.05) is 18.1 Å². The smallest absolute Gasteiger partial charge is 0.322 e. The van der Waals surface area contributed by atoms with Crippen LogP contribution in [0.25, 0.3) is 17.2 Å². The van der Waals surface area contributed by atoms with Crippen molar-refractivity contribution in [3.63, 3.8) is 0 Å². The molecule has 3 nitrogen and oxygen atoms in total. The Morgan fingerprint density at radius 3 is 2.59 bits per heavy atom. The zero-order valence-corrected chi connectivity index (χ0v) is 15.3. The molecule has 1 aliphatic carbocycles.